The highest BCUT2D eigenvalue weighted by atomic mass is 79.9. The van der Waals surface area contributed by atoms with Gasteiger partial charge in [-0.25, -0.2) is 14.7 Å². The zero-order valence-electron chi connectivity index (χ0n) is 17.1. The maximum atomic E-state index is 13.6. The number of hydrogen-bond donors (Lipinski definition) is 0. The second-order valence-electron chi connectivity index (χ2n) is 9.10. The summed E-state index contributed by atoms with van der Waals surface area (Å²) in [4.78, 5) is 23.3. The average Bonchev–Trinajstić information content (AvgIpc) is 3.36. The lowest BCUT2D eigenvalue weighted by molar-refractivity contribution is -0.981. The minimum atomic E-state index is -0.297. The van der Waals surface area contributed by atoms with Crippen LogP contribution in [0.1, 0.15) is 25.8 Å². The van der Waals surface area contributed by atoms with Gasteiger partial charge in [0.1, 0.15) is 20.0 Å². The molecule has 1 amide bonds. The van der Waals surface area contributed by atoms with Gasteiger partial charge in [0.25, 0.3) is 0 Å². The maximum Gasteiger partial charge on any atom is 0.233 e. The zero-order valence-corrected chi connectivity index (χ0v) is 18.6. The van der Waals surface area contributed by atoms with Crippen LogP contribution in [0.3, 0.4) is 0 Å². The van der Waals surface area contributed by atoms with E-state index in [4.69, 9.17) is 0 Å². The third-order valence-corrected chi connectivity index (χ3v) is 7.13. The highest BCUT2D eigenvalue weighted by molar-refractivity contribution is 5.92. The summed E-state index contributed by atoms with van der Waals surface area (Å²) in [7, 11) is 0. The molecule has 4 aliphatic heterocycles. The molecule has 5 fully saturated rings. The van der Waals surface area contributed by atoms with E-state index >= 15 is 0 Å². The Labute approximate surface area is 179 Å². The van der Waals surface area contributed by atoms with Crippen LogP contribution in [0.15, 0.2) is 30.3 Å². The maximum absolute atomic E-state index is 13.6. The fourth-order valence-corrected chi connectivity index (χ4v) is 6.12. The summed E-state index contributed by atoms with van der Waals surface area (Å²) < 4.78 is 1.12. The van der Waals surface area contributed by atoms with Gasteiger partial charge in [-0.15, -0.1) is 0 Å². The van der Waals surface area contributed by atoms with Gasteiger partial charge in [0, 0.05) is 19.0 Å². The number of amides is 1. The van der Waals surface area contributed by atoms with Crippen LogP contribution in [0.4, 0.5) is 0 Å². The van der Waals surface area contributed by atoms with Gasteiger partial charge in [0.05, 0.1) is 32.0 Å². The minimum absolute atomic E-state index is 0. The Hall–Kier alpha value is -0.990. The van der Waals surface area contributed by atoms with Crippen molar-refractivity contribution in [2.45, 2.75) is 25.7 Å². The number of likely N-dealkylation sites (N-methyl/N-ethyl adjacent to an activating group) is 1. The first kappa shape index (κ1) is 20.3. The van der Waals surface area contributed by atoms with Gasteiger partial charge in [0.15, 0.2) is 0 Å². The number of rotatable bonds is 6. The van der Waals surface area contributed by atoms with Crippen LogP contribution in [0.2, 0.25) is 0 Å². The Balaban J connectivity index is 0.00000192. The van der Waals surface area contributed by atoms with Crippen LogP contribution >= 0.6 is 0 Å². The summed E-state index contributed by atoms with van der Waals surface area (Å²) in [5.41, 5.74) is 0.927. The van der Waals surface area contributed by atoms with Gasteiger partial charge >= 0.3 is 0 Å². The first-order chi connectivity index (χ1) is 13.1. The normalized spacial score (nSPS) is 40.1. The van der Waals surface area contributed by atoms with E-state index in [-0.39, 0.29) is 22.4 Å². The number of benzene rings is 1. The van der Waals surface area contributed by atoms with E-state index in [0.29, 0.717) is 11.8 Å². The highest BCUT2D eigenvalue weighted by Crippen LogP contribution is 2.57. The third kappa shape index (κ3) is 3.12. The number of nitrogens with zero attached hydrogens (tertiary/aromatic N) is 5. The predicted octanol–water partition coefficient (Wildman–Crippen LogP) is -1.67. The first-order valence-electron chi connectivity index (χ1n) is 10.5. The molecule has 4 bridgehead atoms. The Bertz CT molecular complexity index is 689. The van der Waals surface area contributed by atoms with Crippen molar-refractivity contribution in [1.29, 1.82) is 0 Å². The monoisotopic (exact) mass is 449 g/mol. The van der Waals surface area contributed by atoms with Crippen molar-refractivity contribution < 1.29 is 26.3 Å². The Morgan fingerprint density at radius 1 is 1.04 bits per heavy atom. The summed E-state index contributed by atoms with van der Waals surface area (Å²) in [5.74, 6) is 0.798. The summed E-state index contributed by atoms with van der Waals surface area (Å²) in [5, 5.41) is 0. The SMILES string of the molecule is CCN(CC)C(=O)[C@@]1(c2ccccc2)C[C@H]1C[N+]12CN3CN(CN(C3)C1)C2.[Br-]. The molecule has 0 aromatic heterocycles. The standard InChI is InChI=1S/C21H32N5O.BrH/c1-3-25(4-2)20(27)21(18-8-6-5-7-9-18)10-19(21)11-26-15-22-12-23(16-26)14-24(13-22)17-26;/h5-9,19H,3-4,10-17H2,1-2H3;1H/q+1;/p-1/t19-,21+;/m0./s1. The van der Waals surface area contributed by atoms with Gasteiger partial charge in [-0.3, -0.25) is 9.28 Å². The Kier molecular flexibility index (Phi) is 5.33. The van der Waals surface area contributed by atoms with Crippen LogP contribution in [-0.2, 0) is 10.2 Å². The summed E-state index contributed by atoms with van der Waals surface area (Å²) in [6.07, 6.45) is 1.01. The molecule has 0 N–H and O–H groups in total. The zero-order chi connectivity index (χ0) is 18.6. The summed E-state index contributed by atoms with van der Waals surface area (Å²) in [6, 6.07) is 10.6. The number of hydrogen-bond acceptors (Lipinski definition) is 4. The molecule has 5 aliphatic rings. The van der Waals surface area contributed by atoms with E-state index in [0.717, 1.165) is 70.6 Å². The van der Waals surface area contributed by atoms with Crippen molar-refractivity contribution in [3.8, 4) is 0 Å². The lowest BCUT2D eigenvalue weighted by Gasteiger charge is -2.61. The van der Waals surface area contributed by atoms with Crippen molar-refractivity contribution in [1.82, 2.24) is 19.6 Å². The molecule has 1 aromatic carbocycles. The molecule has 154 valence electrons. The van der Waals surface area contributed by atoms with E-state index in [9.17, 15) is 4.79 Å². The molecule has 1 saturated carbocycles. The highest BCUT2D eigenvalue weighted by Gasteiger charge is 2.65. The van der Waals surface area contributed by atoms with E-state index in [1.165, 1.54) is 5.56 Å². The van der Waals surface area contributed by atoms with Crippen molar-refractivity contribution in [3.05, 3.63) is 35.9 Å². The van der Waals surface area contributed by atoms with Crippen LogP contribution in [0.25, 0.3) is 0 Å². The van der Waals surface area contributed by atoms with E-state index in [2.05, 4.69) is 58.9 Å². The molecule has 28 heavy (non-hydrogen) atoms. The second kappa shape index (κ2) is 7.36. The molecule has 0 radical (unpaired) electrons. The molecule has 6 nitrogen and oxygen atoms in total. The largest absolute Gasteiger partial charge is 1.00 e. The molecule has 1 aromatic rings. The van der Waals surface area contributed by atoms with Crippen LogP contribution in [0.5, 0.6) is 0 Å². The fourth-order valence-electron chi connectivity index (χ4n) is 6.12. The smallest absolute Gasteiger partial charge is 0.233 e. The first-order valence-corrected chi connectivity index (χ1v) is 10.5. The van der Waals surface area contributed by atoms with Gasteiger partial charge in [-0.1, -0.05) is 30.3 Å². The molecule has 1 aliphatic carbocycles. The van der Waals surface area contributed by atoms with Crippen LogP contribution < -0.4 is 17.0 Å². The molecule has 4 saturated heterocycles. The van der Waals surface area contributed by atoms with Gasteiger partial charge < -0.3 is 21.9 Å². The van der Waals surface area contributed by atoms with E-state index < -0.39 is 0 Å². The van der Waals surface area contributed by atoms with E-state index in [1.54, 1.807) is 0 Å². The average molecular weight is 450 g/mol. The predicted molar refractivity (Wildman–Crippen MR) is 104 cm³/mol. The molecule has 0 spiro atoms. The Morgan fingerprint density at radius 3 is 2.07 bits per heavy atom. The van der Waals surface area contributed by atoms with Gasteiger partial charge in [0.2, 0.25) is 5.91 Å². The number of quaternary nitrogens is 1. The Morgan fingerprint density at radius 2 is 1.57 bits per heavy atom. The van der Waals surface area contributed by atoms with Crippen LogP contribution in [0, 0.1) is 5.92 Å². The summed E-state index contributed by atoms with van der Waals surface area (Å²) >= 11 is 0. The second-order valence-corrected chi connectivity index (χ2v) is 9.10. The molecule has 4 heterocycles. The van der Waals surface area contributed by atoms with E-state index in [1.807, 2.05) is 4.90 Å². The number of halogens is 1. The van der Waals surface area contributed by atoms with Gasteiger partial charge in [-0.05, 0) is 25.8 Å². The van der Waals surface area contributed by atoms with Crippen molar-refractivity contribution in [3.63, 3.8) is 0 Å². The molecule has 2 atom stereocenters. The van der Waals surface area contributed by atoms with Crippen molar-refractivity contribution in [2.24, 2.45) is 5.92 Å². The molecular formula is C21H32BrN5O. The van der Waals surface area contributed by atoms with Crippen LogP contribution in [-0.4, -0.2) is 89.6 Å². The lowest BCUT2D eigenvalue weighted by atomic mass is 9.91. The molecule has 6 rings (SSSR count). The summed E-state index contributed by atoms with van der Waals surface area (Å²) in [6.45, 7) is 13.7. The van der Waals surface area contributed by atoms with Crippen molar-refractivity contribution >= 4 is 5.91 Å². The van der Waals surface area contributed by atoms with Crippen molar-refractivity contribution in [2.75, 3.05) is 59.6 Å². The minimum Gasteiger partial charge on any atom is -1.00 e. The van der Waals surface area contributed by atoms with Gasteiger partial charge in [-0.2, -0.15) is 0 Å². The third-order valence-electron chi connectivity index (χ3n) is 7.13. The fraction of sp³-hybridized carbons (Fsp3) is 0.667. The quantitative estimate of drug-likeness (QED) is 0.485. The molecule has 7 heteroatoms. The molecular weight excluding hydrogens is 418 g/mol. The topological polar surface area (TPSA) is 30.0 Å². The number of carbonyl (C=O) groups is 1. The molecule has 0 unspecified atom stereocenters. The lowest BCUT2D eigenvalue weighted by Crippen LogP contribution is -3.00. The number of carbonyl (C=O) groups excluding carboxylic acids is 1.